The van der Waals surface area contributed by atoms with E-state index in [4.69, 9.17) is 5.11 Å². The maximum absolute atomic E-state index is 10.6. The third-order valence-electron chi connectivity index (χ3n) is 4.02. The molecule has 1 aliphatic rings. The quantitative estimate of drug-likeness (QED) is 0.840. The molecule has 1 atom stereocenters. The molecule has 0 spiro atoms. The number of carbonyl (C=O) groups is 1. The molecule has 1 heterocycles. The van der Waals surface area contributed by atoms with Crippen molar-refractivity contribution < 1.29 is 9.90 Å². The first-order valence-corrected chi connectivity index (χ1v) is 7.33. The molecule has 0 fully saturated rings. The molecular weight excluding hydrogens is 252 g/mol. The molecule has 2 rings (SSSR count). The van der Waals surface area contributed by atoms with Crippen LogP contribution < -0.4 is 4.90 Å². The van der Waals surface area contributed by atoms with E-state index in [2.05, 4.69) is 48.0 Å². The summed E-state index contributed by atoms with van der Waals surface area (Å²) in [4.78, 5) is 15.3. The van der Waals surface area contributed by atoms with Gasteiger partial charge in [0.05, 0.1) is 0 Å². The van der Waals surface area contributed by atoms with Crippen LogP contribution in [0.4, 0.5) is 5.69 Å². The molecule has 1 unspecified atom stereocenters. The minimum absolute atomic E-state index is 0.276. The Balaban J connectivity index is 1.98. The number of para-hydroxylation sites is 1. The highest BCUT2D eigenvalue weighted by atomic mass is 16.4. The number of nitrogens with zero attached hydrogens (tertiary/aromatic N) is 2. The van der Waals surface area contributed by atoms with E-state index >= 15 is 0 Å². The normalized spacial score (nSPS) is 19.5. The van der Waals surface area contributed by atoms with Crippen molar-refractivity contribution in [3.63, 3.8) is 0 Å². The van der Waals surface area contributed by atoms with Crippen LogP contribution in [0, 0.1) is 0 Å². The van der Waals surface area contributed by atoms with Gasteiger partial charge in [0, 0.05) is 38.3 Å². The second kappa shape index (κ2) is 6.75. The van der Waals surface area contributed by atoms with Crippen molar-refractivity contribution in [1.82, 2.24) is 4.90 Å². The molecule has 110 valence electrons. The molecule has 0 bridgehead atoms. The monoisotopic (exact) mass is 276 g/mol. The maximum Gasteiger partial charge on any atom is 0.303 e. The van der Waals surface area contributed by atoms with Crippen LogP contribution in [0.25, 0.3) is 0 Å². The number of likely N-dealkylation sites (N-methyl/N-ethyl adjacent to an activating group) is 1. The number of unbranched alkanes of at least 4 members (excludes halogenated alkanes) is 1. The van der Waals surface area contributed by atoms with E-state index in [1.807, 2.05) is 0 Å². The van der Waals surface area contributed by atoms with Crippen LogP contribution >= 0.6 is 0 Å². The summed E-state index contributed by atoms with van der Waals surface area (Å²) in [6.07, 6.45) is 1.98. The largest absolute Gasteiger partial charge is 0.481 e. The lowest BCUT2D eigenvalue weighted by Gasteiger charge is -2.28. The zero-order chi connectivity index (χ0) is 14.5. The predicted octanol–water partition coefficient (Wildman–Crippen LogP) is 2.58. The van der Waals surface area contributed by atoms with Gasteiger partial charge in [-0.2, -0.15) is 0 Å². The van der Waals surface area contributed by atoms with E-state index in [9.17, 15) is 4.79 Å². The van der Waals surface area contributed by atoms with Crippen LogP contribution in [0.2, 0.25) is 0 Å². The molecule has 0 aromatic heterocycles. The van der Waals surface area contributed by atoms with Gasteiger partial charge in [0.15, 0.2) is 0 Å². The van der Waals surface area contributed by atoms with E-state index in [1.54, 1.807) is 0 Å². The van der Waals surface area contributed by atoms with Crippen LogP contribution in [-0.4, -0.2) is 42.2 Å². The average molecular weight is 276 g/mol. The molecular formula is C16H24N2O2. The third kappa shape index (κ3) is 3.73. The van der Waals surface area contributed by atoms with E-state index < -0.39 is 5.97 Å². The predicted molar refractivity (Wildman–Crippen MR) is 81.1 cm³/mol. The SMILES string of the molecule is CC1CN(C)c2ccccc2CN1CCCCC(=O)O. The Morgan fingerprint density at radius 2 is 2.10 bits per heavy atom. The van der Waals surface area contributed by atoms with E-state index in [1.165, 1.54) is 11.3 Å². The molecule has 1 N–H and O–H groups in total. The summed E-state index contributed by atoms with van der Waals surface area (Å²) in [5.41, 5.74) is 2.67. The summed E-state index contributed by atoms with van der Waals surface area (Å²) in [5, 5.41) is 8.69. The number of fused-ring (bicyclic) bond motifs is 1. The van der Waals surface area contributed by atoms with Crippen molar-refractivity contribution >= 4 is 11.7 Å². The van der Waals surface area contributed by atoms with Gasteiger partial charge >= 0.3 is 5.97 Å². The molecule has 0 saturated carbocycles. The van der Waals surface area contributed by atoms with Crippen molar-refractivity contribution in [1.29, 1.82) is 0 Å². The van der Waals surface area contributed by atoms with Gasteiger partial charge in [0.2, 0.25) is 0 Å². The molecule has 0 radical (unpaired) electrons. The van der Waals surface area contributed by atoms with Gasteiger partial charge in [-0.15, -0.1) is 0 Å². The summed E-state index contributed by atoms with van der Waals surface area (Å²) in [7, 11) is 2.14. The molecule has 4 nitrogen and oxygen atoms in total. The molecule has 0 amide bonds. The van der Waals surface area contributed by atoms with E-state index in [0.717, 1.165) is 32.5 Å². The van der Waals surface area contributed by atoms with Gasteiger partial charge in [-0.05, 0) is 37.9 Å². The van der Waals surface area contributed by atoms with Crippen LogP contribution in [0.5, 0.6) is 0 Å². The topological polar surface area (TPSA) is 43.8 Å². The minimum atomic E-state index is -0.695. The molecule has 1 aliphatic heterocycles. The molecule has 0 aliphatic carbocycles. The van der Waals surface area contributed by atoms with Crippen molar-refractivity contribution in [2.75, 3.05) is 25.0 Å². The standard InChI is InChI=1S/C16H24N2O2/c1-13-11-17(2)15-8-4-3-7-14(15)12-18(13)10-6-5-9-16(19)20/h3-4,7-8,13H,5-6,9-12H2,1-2H3,(H,19,20). The summed E-state index contributed by atoms with van der Waals surface area (Å²) >= 11 is 0. The first kappa shape index (κ1) is 14.9. The van der Waals surface area contributed by atoms with Crippen molar-refractivity contribution in [2.24, 2.45) is 0 Å². The Morgan fingerprint density at radius 1 is 1.35 bits per heavy atom. The molecule has 0 saturated heterocycles. The maximum atomic E-state index is 10.6. The number of carboxylic acids is 1. The number of hydrogen-bond acceptors (Lipinski definition) is 3. The number of benzene rings is 1. The highest BCUT2D eigenvalue weighted by Crippen LogP contribution is 2.26. The van der Waals surface area contributed by atoms with E-state index in [0.29, 0.717) is 6.04 Å². The zero-order valence-corrected chi connectivity index (χ0v) is 12.4. The molecule has 20 heavy (non-hydrogen) atoms. The summed E-state index contributed by atoms with van der Waals surface area (Å²) < 4.78 is 0. The number of rotatable bonds is 5. The lowest BCUT2D eigenvalue weighted by Crippen LogP contribution is -2.38. The van der Waals surface area contributed by atoms with Crippen LogP contribution in [0.15, 0.2) is 24.3 Å². The summed E-state index contributed by atoms with van der Waals surface area (Å²) in [5.74, 6) is -0.695. The van der Waals surface area contributed by atoms with Crippen LogP contribution in [0.1, 0.15) is 31.7 Å². The Labute approximate surface area is 121 Å². The molecule has 1 aromatic rings. The Kier molecular flexibility index (Phi) is 5.01. The van der Waals surface area contributed by atoms with Crippen LogP contribution in [0.3, 0.4) is 0 Å². The van der Waals surface area contributed by atoms with Gasteiger partial charge in [-0.3, -0.25) is 9.69 Å². The highest BCUT2D eigenvalue weighted by molar-refractivity contribution is 5.66. The van der Waals surface area contributed by atoms with Gasteiger partial charge < -0.3 is 10.0 Å². The number of hydrogen-bond donors (Lipinski definition) is 1. The van der Waals surface area contributed by atoms with Crippen molar-refractivity contribution in [3.8, 4) is 0 Å². The smallest absolute Gasteiger partial charge is 0.303 e. The summed E-state index contributed by atoms with van der Waals surface area (Å²) in [6.45, 7) is 5.18. The number of carboxylic acid groups (broad SMARTS) is 1. The third-order valence-corrected chi connectivity index (χ3v) is 4.02. The van der Waals surface area contributed by atoms with Gasteiger partial charge in [-0.1, -0.05) is 18.2 Å². The van der Waals surface area contributed by atoms with E-state index in [-0.39, 0.29) is 6.42 Å². The first-order chi connectivity index (χ1) is 9.58. The van der Waals surface area contributed by atoms with Gasteiger partial charge in [0.25, 0.3) is 0 Å². The Bertz CT molecular complexity index is 462. The fourth-order valence-electron chi connectivity index (χ4n) is 2.89. The second-order valence-corrected chi connectivity index (χ2v) is 5.68. The van der Waals surface area contributed by atoms with Gasteiger partial charge in [-0.25, -0.2) is 0 Å². The van der Waals surface area contributed by atoms with Gasteiger partial charge in [0.1, 0.15) is 0 Å². The Morgan fingerprint density at radius 3 is 2.85 bits per heavy atom. The highest BCUT2D eigenvalue weighted by Gasteiger charge is 2.22. The Hall–Kier alpha value is -1.55. The first-order valence-electron chi connectivity index (χ1n) is 7.33. The average Bonchev–Trinajstić information content (AvgIpc) is 2.53. The molecule has 4 heteroatoms. The lowest BCUT2D eigenvalue weighted by molar-refractivity contribution is -0.137. The number of aliphatic carboxylic acids is 1. The van der Waals surface area contributed by atoms with Crippen molar-refractivity contribution in [3.05, 3.63) is 29.8 Å². The minimum Gasteiger partial charge on any atom is -0.481 e. The summed E-state index contributed by atoms with van der Waals surface area (Å²) in [6, 6.07) is 9.02. The fourth-order valence-corrected chi connectivity index (χ4v) is 2.89. The molecule has 1 aromatic carbocycles. The van der Waals surface area contributed by atoms with Crippen LogP contribution in [-0.2, 0) is 11.3 Å². The zero-order valence-electron chi connectivity index (χ0n) is 12.4. The van der Waals surface area contributed by atoms with Crippen molar-refractivity contribution in [2.45, 2.75) is 38.8 Å². The number of anilines is 1. The second-order valence-electron chi connectivity index (χ2n) is 5.68. The fraction of sp³-hybridized carbons (Fsp3) is 0.562. The lowest BCUT2D eigenvalue weighted by atomic mass is 10.1.